The number of hydrogen-bond acceptors (Lipinski definition) is 8. The number of carboxylic acid groups (broad SMARTS) is 1. The van der Waals surface area contributed by atoms with Crippen LogP contribution in [0.1, 0.15) is 56.1 Å². The molecule has 2 N–H and O–H groups in total. The molecule has 0 spiro atoms. The van der Waals surface area contributed by atoms with Crippen molar-refractivity contribution in [2.45, 2.75) is 70.5 Å². The fourth-order valence-corrected chi connectivity index (χ4v) is 7.89. The van der Waals surface area contributed by atoms with Crippen LogP contribution < -0.4 is 38.4 Å². The van der Waals surface area contributed by atoms with Crippen LogP contribution in [0.15, 0.2) is 60.7 Å². The van der Waals surface area contributed by atoms with Crippen molar-refractivity contribution in [1.82, 2.24) is 19.4 Å². The molecule has 3 aromatic carbocycles. The van der Waals surface area contributed by atoms with Gasteiger partial charge in [-0.3, -0.25) is 9.59 Å². The molecule has 1 aromatic heterocycles. The Labute approximate surface area is 323 Å². The molecule has 6 rings (SSSR count). The summed E-state index contributed by atoms with van der Waals surface area (Å²) in [4.78, 5) is 34.7. The van der Waals surface area contributed by atoms with Gasteiger partial charge in [-0.05, 0) is 99.0 Å². The number of aromatic nitrogens is 2. The van der Waals surface area contributed by atoms with Gasteiger partial charge in [0.25, 0.3) is 0 Å². The number of carbonyl (C=O) groups is 2. The summed E-state index contributed by atoms with van der Waals surface area (Å²) in [6.45, 7) is 4.41. The van der Waals surface area contributed by atoms with E-state index in [2.05, 4.69) is 14.8 Å². The smallest absolute Gasteiger partial charge is 0.493 e. The van der Waals surface area contributed by atoms with Crippen LogP contribution in [-0.4, -0.2) is 89.9 Å². The first kappa shape index (κ1) is 40.0. The number of halogens is 1. The maximum absolute atomic E-state index is 14.3. The number of aryl methyl sites for hydroxylation is 1. The third-order valence-corrected chi connectivity index (χ3v) is 10.6. The van der Waals surface area contributed by atoms with Gasteiger partial charge >= 0.3 is 24.8 Å². The average Bonchev–Trinajstić information content (AvgIpc) is 3.64. The predicted octanol–water partition coefficient (Wildman–Crippen LogP) is 3.39. The third-order valence-electron chi connectivity index (χ3n) is 10.6. The number of piperidine rings is 1. The first-order valence-corrected chi connectivity index (χ1v) is 18.2. The molecule has 3 heterocycles. The number of carbonyl (C=O) groups excluding carboxylic acids is 1. The Kier molecular flexibility index (Phi) is 13.7. The number of fused-ring (bicyclic) bond motifs is 1. The van der Waals surface area contributed by atoms with E-state index in [1.807, 2.05) is 41.3 Å². The molecule has 2 aliphatic heterocycles. The van der Waals surface area contributed by atoms with E-state index in [1.165, 1.54) is 12.1 Å². The Hall–Kier alpha value is -4.24. The summed E-state index contributed by atoms with van der Waals surface area (Å²) in [5.41, 5.74) is 3.19. The van der Waals surface area contributed by atoms with Crippen LogP contribution in [0.4, 0.5) is 10.3 Å². The number of carboxylic acids is 1. The Bertz CT molecular complexity index is 1820. The maximum atomic E-state index is 14.3. The summed E-state index contributed by atoms with van der Waals surface area (Å²) < 4.78 is 32.5. The van der Waals surface area contributed by atoms with Gasteiger partial charge in [-0.1, -0.05) is 24.3 Å². The fraction of sp³-hybridized carbons (Fsp3) is 0.475. The van der Waals surface area contributed by atoms with Crippen molar-refractivity contribution in [1.29, 1.82) is 0 Å². The number of benzene rings is 3. The number of likely N-dealkylation sites (tertiary alicyclic amines) is 2. The number of methoxy groups -OCH3 is 3. The number of aliphatic carboxylic acids is 1. The quantitative estimate of drug-likeness (QED) is 0.158. The summed E-state index contributed by atoms with van der Waals surface area (Å²) in [5.74, 6) is 1.46. The van der Waals surface area contributed by atoms with Crippen molar-refractivity contribution in [2.24, 2.45) is 5.41 Å². The number of para-hydroxylation sites is 2. The van der Waals surface area contributed by atoms with Crippen LogP contribution in [0.5, 0.6) is 17.2 Å². The molecule has 0 bridgehead atoms. The van der Waals surface area contributed by atoms with Gasteiger partial charge in [-0.2, -0.15) is 0 Å². The van der Waals surface area contributed by atoms with Gasteiger partial charge < -0.3 is 39.0 Å². The topological polar surface area (TPSA) is 118 Å². The molecule has 1 unspecified atom stereocenters. The summed E-state index contributed by atoms with van der Waals surface area (Å²) in [6, 6.07) is 18.5. The Morgan fingerprint density at radius 1 is 0.943 bits per heavy atom. The first-order valence-electron chi connectivity index (χ1n) is 18.2. The van der Waals surface area contributed by atoms with E-state index < -0.39 is 11.4 Å². The van der Waals surface area contributed by atoms with Gasteiger partial charge in [0.15, 0.2) is 11.5 Å². The molecule has 0 radical (unpaired) electrons. The zero-order valence-electron chi connectivity index (χ0n) is 31.4. The van der Waals surface area contributed by atoms with Crippen molar-refractivity contribution in [2.75, 3.05) is 52.8 Å². The second kappa shape index (κ2) is 18.2. The maximum Gasteiger partial charge on any atom is 1.00 e. The van der Waals surface area contributed by atoms with Crippen LogP contribution in [-0.2, 0) is 29.1 Å². The van der Waals surface area contributed by atoms with Crippen LogP contribution in [0.25, 0.3) is 11.0 Å². The van der Waals surface area contributed by atoms with E-state index >= 15 is 0 Å². The average molecular weight is 723 g/mol. The van der Waals surface area contributed by atoms with Gasteiger partial charge in [0.1, 0.15) is 5.82 Å². The molecule has 4 aromatic rings. The Balaban J connectivity index is 0.00000541. The van der Waals surface area contributed by atoms with E-state index in [0.717, 1.165) is 79.8 Å². The van der Waals surface area contributed by atoms with Crippen molar-refractivity contribution < 1.29 is 52.2 Å². The molecule has 11 nitrogen and oxygen atoms in total. The number of nitrogens with zero attached hydrogens (tertiary/aromatic N) is 4. The van der Waals surface area contributed by atoms with E-state index in [-0.39, 0.29) is 43.0 Å². The number of ether oxygens (including phenoxy) is 3. The van der Waals surface area contributed by atoms with Crippen molar-refractivity contribution in [3.8, 4) is 17.2 Å². The van der Waals surface area contributed by atoms with Crippen molar-refractivity contribution >= 4 is 28.9 Å². The Morgan fingerprint density at radius 2 is 1.64 bits per heavy atom. The fourth-order valence-electron chi connectivity index (χ4n) is 7.89. The van der Waals surface area contributed by atoms with Crippen LogP contribution in [0.3, 0.4) is 0 Å². The minimum absolute atomic E-state index is 0. The first-order chi connectivity index (χ1) is 25.2. The zero-order chi connectivity index (χ0) is 36.7. The number of amides is 1. The number of imidazole rings is 1. The largest absolute Gasteiger partial charge is 1.00 e. The minimum atomic E-state index is -0.794. The molecule has 1 amide bonds. The number of hydrogen-bond donors (Lipinski definition) is 2. The molecule has 53 heavy (non-hydrogen) atoms. The Morgan fingerprint density at radius 3 is 2.30 bits per heavy atom. The minimum Gasteiger partial charge on any atom is -0.493 e. The molecule has 2 fully saturated rings. The van der Waals surface area contributed by atoms with Crippen LogP contribution >= 0.6 is 0 Å². The molecule has 2 saturated heterocycles. The molecule has 13 heteroatoms. The monoisotopic (exact) mass is 722 g/mol. The molecule has 1 atom stereocenters. The van der Waals surface area contributed by atoms with E-state index in [1.54, 1.807) is 33.5 Å². The van der Waals surface area contributed by atoms with Crippen molar-refractivity contribution in [3.05, 3.63) is 77.6 Å². The molecular weight excluding hydrogens is 672 g/mol. The third kappa shape index (κ3) is 9.47. The van der Waals surface area contributed by atoms with Gasteiger partial charge in [0, 0.05) is 45.2 Å². The van der Waals surface area contributed by atoms with E-state index in [4.69, 9.17) is 24.3 Å². The molecular formula is C40H50FLiN5O6+. The second-order valence-electron chi connectivity index (χ2n) is 14.0. The van der Waals surface area contributed by atoms with Gasteiger partial charge in [0.2, 0.25) is 17.6 Å². The van der Waals surface area contributed by atoms with E-state index in [9.17, 15) is 14.0 Å². The number of nitrogens with one attached hydrogen (secondary N) is 1. The summed E-state index contributed by atoms with van der Waals surface area (Å²) in [7, 11) is 4.73. The molecule has 0 aliphatic carbocycles. The van der Waals surface area contributed by atoms with E-state index in [0.29, 0.717) is 49.7 Å². The predicted molar refractivity (Wildman–Crippen MR) is 198 cm³/mol. The summed E-state index contributed by atoms with van der Waals surface area (Å²) in [6.07, 6.45) is 5.49. The zero-order valence-corrected chi connectivity index (χ0v) is 31.4. The van der Waals surface area contributed by atoms with Crippen LogP contribution in [0.2, 0.25) is 0 Å². The number of rotatable bonds is 17. The second-order valence-corrected chi connectivity index (χ2v) is 14.0. The molecule has 2 aliphatic rings. The van der Waals surface area contributed by atoms with Gasteiger partial charge in [-0.15, -0.1) is 0 Å². The van der Waals surface area contributed by atoms with Crippen molar-refractivity contribution in [3.63, 3.8) is 0 Å². The number of anilines is 1. The SMILES string of the molecule is COc1cc(CN2CCC(CCCN3CCC(Nc4nc5ccccc5n4CCCC(=O)O)CC3)(Cc3ccc(F)cc3)C2=O)cc(OC)c1OC.[Li+]. The summed E-state index contributed by atoms with van der Waals surface area (Å²) in [5, 5.41) is 12.8. The molecule has 0 saturated carbocycles. The normalized spacial score (nSPS) is 17.9. The van der Waals surface area contributed by atoms with Gasteiger partial charge in [-0.25, -0.2) is 9.37 Å². The van der Waals surface area contributed by atoms with Crippen LogP contribution in [0, 0.1) is 11.2 Å². The standard InChI is InChI=1S/C40H50FN5O6.Li/c1-50-34-24-29(25-35(51-2)37(34)52-3)27-45-23-18-40(38(45)49,26-28-11-13-30(41)14-12-28)17-7-19-44-21-15-31(16-22-44)42-39-43-32-8-4-5-9-33(32)46(39)20-6-10-36(47)48;/h4-5,8-9,11-14,24-25,31H,6-7,10,15-23,26-27H2,1-3H3,(H,42,43)(H,47,48);/q;+1. The molecule has 278 valence electrons. The van der Waals surface area contributed by atoms with Gasteiger partial charge in [0.05, 0.1) is 37.8 Å². The summed E-state index contributed by atoms with van der Waals surface area (Å²) >= 11 is 0.